The van der Waals surface area contributed by atoms with Crippen LogP contribution in [0.5, 0.6) is 0 Å². The van der Waals surface area contributed by atoms with Crippen LogP contribution >= 0.6 is 35.1 Å². The Balaban J connectivity index is 1.90. The van der Waals surface area contributed by atoms with Gasteiger partial charge in [-0.1, -0.05) is 23.7 Å². The van der Waals surface area contributed by atoms with E-state index < -0.39 is 0 Å². The predicted molar refractivity (Wildman–Crippen MR) is 91.9 cm³/mol. The average molecular weight is 342 g/mol. The Morgan fingerprint density at radius 3 is 2.81 bits per heavy atom. The van der Waals surface area contributed by atoms with Crippen LogP contribution in [-0.4, -0.2) is 22.2 Å². The molecule has 1 aromatic rings. The van der Waals surface area contributed by atoms with Gasteiger partial charge in [0.1, 0.15) is 0 Å². The zero-order valence-corrected chi connectivity index (χ0v) is 14.2. The smallest absolute Gasteiger partial charge is 0.234 e. The highest BCUT2D eigenvalue weighted by Gasteiger charge is 2.28. The molecule has 0 bridgehead atoms. The number of benzene rings is 1. The number of ketones is 1. The second-order valence-electron chi connectivity index (χ2n) is 5.28. The molecule has 0 unspecified atom stereocenters. The minimum absolute atomic E-state index is 0.104. The molecule has 1 aliphatic rings. The van der Waals surface area contributed by atoms with Crippen molar-refractivity contribution in [1.82, 2.24) is 0 Å². The molecule has 0 spiro atoms. The van der Waals surface area contributed by atoms with E-state index in [-0.39, 0.29) is 22.2 Å². The SMILES string of the molecule is CC1(C)CC(=O)C=C(SCC(=O)Nc2ccccc2Cl)S1. The van der Waals surface area contributed by atoms with Crippen LogP contribution in [0.3, 0.4) is 0 Å². The number of hydrogen-bond acceptors (Lipinski definition) is 4. The first-order valence-corrected chi connectivity index (χ1v) is 8.64. The van der Waals surface area contributed by atoms with E-state index in [4.69, 9.17) is 11.6 Å². The second kappa shape index (κ2) is 6.90. The Morgan fingerprint density at radius 1 is 1.43 bits per heavy atom. The summed E-state index contributed by atoms with van der Waals surface area (Å²) < 4.78 is 0.790. The summed E-state index contributed by atoms with van der Waals surface area (Å²) in [5.41, 5.74) is 0.603. The van der Waals surface area contributed by atoms with Crippen molar-refractivity contribution in [3.05, 3.63) is 39.6 Å². The van der Waals surface area contributed by atoms with Crippen LogP contribution in [-0.2, 0) is 9.59 Å². The number of amides is 1. The van der Waals surface area contributed by atoms with Crippen LogP contribution in [0.25, 0.3) is 0 Å². The van der Waals surface area contributed by atoms with E-state index in [2.05, 4.69) is 5.32 Å². The molecule has 0 fully saturated rings. The number of rotatable bonds is 4. The van der Waals surface area contributed by atoms with Crippen molar-refractivity contribution in [3.8, 4) is 0 Å². The fourth-order valence-corrected chi connectivity index (χ4v) is 4.68. The van der Waals surface area contributed by atoms with Crippen LogP contribution in [0.2, 0.25) is 5.02 Å². The molecule has 0 saturated heterocycles. The minimum Gasteiger partial charge on any atom is -0.324 e. The van der Waals surface area contributed by atoms with Gasteiger partial charge in [0.15, 0.2) is 5.78 Å². The van der Waals surface area contributed by atoms with Gasteiger partial charge in [-0.25, -0.2) is 0 Å². The highest BCUT2D eigenvalue weighted by Crippen LogP contribution is 2.43. The van der Waals surface area contributed by atoms with Gasteiger partial charge in [-0.15, -0.1) is 23.5 Å². The Bertz CT molecular complexity index is 599. The predicted octanol–water partition coefficient (Wildman–Crippen LogP) is 4.34. The average Bonchev–Trinajstić information content (AvgIpc) is 2.37. The molecule has 1 N–H and O–H groups in total. The zero-order chi connectivity index (χ0) is 15.5. The van der Waals surface area contributed by atoms with E-state index in [9.17, 15) is 9.59 Å². The maximum atomic E-state index is 11.9. The molecule has 0 saturated carbocycles. The van der Waals surface area contributed by atoms with Crippen molar-refractivity contribution in [3.63, 3.8) is 0 Å². The molecule has 0 aliphatic carbocycles. The molecule has 21 heavy (non-hydrogen) atoms. The third-order valence-electron chi connectivity index (χ3n) is 2.75. The molecule has 0 aromatic heterocycles. The highest BCUT2D eigenvalue weighted by atomic mass is 35.5. The molecule has 1 aromatic carbocycles. The van der Waals surface area contributed by atoms with Gasteiger partial charge in [-0.2, -0.15) is 0 Å². The van der Waals surface area contributed by atoms with Crippen molar-refractivity contribution in [2.45, 2.75) is 25.0 Å². The van der Waals surface area contributed by atoms with Crippen molar-refractivity contribution in [2.75, 3.05) is 11.1 Å². The van der Waals surface area contributed by atoms with Gasteiger partial charge in [0.2, 0.25) is 5.91 Å². The van der Waals surface area contributed by atoms with Gasteiger partial charge < -0.3 is 5.32 Å². The van der Waals surface area contributed by atoms with Gasteiger partial charge in [-0.05, 0) is 26.0 Å². The van der Waals surface area contributed by atoms with E-state index in [1.807, 2.05) is 26.0 Å². The number of nitrogens with one attached hydrogen (secondary N) is 1. The molecule has 0 atom stereocenters. The number of allylic oxidation sites excluding steroid dienone is 1. The van der Waals surface area contributed by atoms with E-state index in [1.54, 1.807) is 30.0 Å². The molecule has 6 heteroatoms. The molecular weight excluding hydrogens is 326 g/mol. The maximum absolute atomic E-state index is 11.9. The first-order valence-electron chi connectivity index (χ1n) is 6.46. The fourth-order valence-electron chi connectivity index (χ4n) is 1.90. The topological polar surface area (TPSA) is 46.2 Å². The number of carbonyl (C=O) groups is 2. The quantitative estimate of drug-likeness (QED) is 0.885. The fraction of sp³-hybridized carbons (Fsp3) is 0.333. The van der Waals surface area contributed by atoms with Crippen LogP contribution in [0.15, 0.2) is 34.6 Å². The lowest BCUT2D eigenvalue weighted by Crippen LogP contribution is -2.23. The van der Waals surface area contributed by atoms with Crippen molar-refractivity contribution < 1.29 is 9.59 Å². The monoisotopic (exact) mass is 341 g/mol. The summed E-state index contributed by atoms with van der Waals surface area (Å²) in [6, 6.07) is 7.11. The lowest BCUT2D eigenvalue weighted by molar-refractivity contribution is -0.115. The summed E-state index contributed by atoms with van der Waals surface area (Å²) in [5.74, 6) is 0.242. The molecule has 1 heterocycles. The highest BCUT2D eigenvalue weighted by molar-refractivity contribution is 8.23. The first-order chi connectivity index (χ1) is 9.85. The number of thioether (sulfide) groups is 2. The number of hydrogen-bond donors (Lipinski definition) is 1. The molecule has 3 nitrogen and oxygen atoms in total. The third kappa shape index (κ3) is 5.09. The number of para-hydroxylation sites is 1. The Morgan fingerprint density at radius 2 is 2.14 bits per heavy atom. The second-order valence-corrected chi connectivity index (χ2v) is 8.72. The van der Waals surface area contributed by atoms with Crippen LogP contribution in [0.4, 0.5) is 5.69 Å². The Kier molecular flexibility index (Phi) is 5.41. The van der Waals surface area contributed by atoms with Crippen molar-refractivity contribution in [2.24, 2.45) is 0 Å². The van der Waals surface area contributed by atoms with Crippen LogP contribution in [0, 0.1) is 0 Å². The molecule has 2 rings (SSSR count). The van der Waals surface area contributed by atoms with Gasteiger partial charge in [-0.3, -0.25) is 9.59 Å². The molecule has 112 valence electrons. The summed E-state index contributed by atoms with van der Waals surface area (Å²) in [7, 11) is 0. The maximum Gasteiger partial charge on any atom is 0.234 e. The molecule has 1 aliphatic heterocycles. The third-order valence-corrected chi connectivity index (χ3v) is 5.51. The van der Waals surface area contributed by atoms with Crippen LogP contribution in [0.1, 0.15) is 20.3 Å². The minimum atomic E-state index is -0.134. The van der Waals surface area contributed by atoms with Crippen LogP contribution < -0.4 is 5.32 Å². The molecular formula is C15H16ClNO2S2. The molecule has 1 amide bonds. The van der Waals surface area contributed by atoms with Gasteiger partial charge >= 0.3 is 0 Å². The van der Waals surface area contributed by atoms with E-state index in [0.717, 1.165) is 4.24 Å². The van der Waals surface area contributed by atoms with Gasteiger partial charge in [0.05, 0.1) is 16.5 Å². The number of halogens is 1. The normalized spacial score (nSPS) is 17.3. The Labute approximate surface area is 137 Å². The number of anilines is 1. The van der Waals surface area contributed by atoms with E-state index >= 15 is 0 Å². The summed E-state index contributed by atoms with van der Waals surface area (Å²) in [5, 5.41) is 3.28. The standard InChI is InChI=1S/C15H16ClNO2S2/c1-15(2)8-10(18)7-14(21-15)20-9-13(19)17-12-6-4-3-5-11(12)16/h3-7H,8-9H2,1-2H3,(H,17,19). The van der Waals surface area contributed by atoms with Gasteiger partial charge in [0, 0.05) is 21.5 Å². The van der Waals surface area contributed by atoms with Gasteiger partial charge in [0.25, 0.3) is 0 Å². The summed E-state index contributed by atoms with van der Waals surface area (Å²) >= 11 is 9.02. The summed E-state index contributed by atoms with van der Waals surface area (Å²) in [6.07, 6.45) is 2.16. The largest absolute Gasteiger partial charge is 0.324 e. The Hall–Kier alpha value is -0.910. The summed E-state index contributed by atoms with van der Waals surface area (Å²) in [6.45, 7) is 4.07. The summed E-state index contributed by atoms with van der Waals surface area (Å²) in [4.78, 5) is 23.6. The number of carbonyl (C=O) groups excluding carboxylic acids is 2. The lowest BCUT2D eigenvalue weighted by atomic mass is 10.1. The van der Waals surface area contributed by atoms with Crippen molar-refractivity contribution in [1.29, 1.82) is 0 Å². The zero-order valence-electron chi connectivity index (χ0n) is 11.8. The lowest BCUT2D eigenvalue weighted by Gasteiger charge is -2.27. The first kappa shape index (κ1) is 16.5. The van der Waals surface area contributed by atoms with E-state index in [1.165, 1.54) is 11.8 Å². The van der Waals surface area contributed by atoms with E-state index in [0.29, 0.717) is 17.1 Å². The molecule has 0 radical (unpaired) electrons. The van der Waals surface area contributed by atoms with Crippen molar-refractivity contribution >= 4 is 52.5 Å².